The molecule has 104 valence electrons. The Labute approximate surface area is 115 Å². The maximum atomic E-state index is 12.4. The van der Waals surface area contributed by atoms with Crippen molar-refractivity contribution in [2.24, 2.45) is 0 Å². The molecule has 1 aromatic rings. The number of carbonyl (C=O) groups excluding carboxylic acids is 1. The second kappa shape index (κ2) is 6.53. The maximum absolute atomic E-state index is 12.4. The van der Waals surface area contributed by atoms with Gasteiger partial charge in [0.05, 0.1) is 0 Å². The molecule has 0 aliphatic carbocycles. The predicted octanol–water partition coefficient (Wildman–Crippen LogP) is 2.71. The van der Waals surface area contributed by atoms with Crippen LogP contribution in [0.15, 0.2) is 36.9 Å². The zero-order chi connectivity index (χ0) is 14.6. The summed E-state index contributed by atoms with van der Waals surface area (Å²) >= 11 is 0. The van der Waals surface area contributed by atoms with Crippen LogP contribution < -0.4 is 0 Å². The SMILES string of the molecule is C=C(c1ccccc1)C(O)C(=O)N(C(C)C)C(C)C. The molecular formula is C16H23NO2. The van der Waals surface area contributed by atoms with E-state index in [-0.39, 0.29) is 18.0 Å². The van der Waals surface area contributed by atoms with Crippen LogP contribution in [-0.2, 0) is 4.79 Å². The molecule has 0 aliphatic rings. The number of carbonyl (C=O) groups is 1. The van der Waals surface area contributed by atoms with Crippen LogP contribution >= 0.6 is 0 Å². The molecule has 0 fully saturated rings. The van der Waals surface area contributed by atoms with Gasteiger partial charge in [0, 0.05) is 12.1 Å². The normalized spacial score (nSPS) is 12.6. The van der Waals surface area contributed by atoms with Gasteiger partial charge >= 0.3 is 0 Å². The Bertz CT molecular complexity index is 429. The van der Waals surface area contributed by atoms with E-state index in [1.165, 1.54) is 0 Å². The third-order valence-electron chi connectivity index (χ3n) is 3.08. The number of hydrogen-bond donors (Lipinski definition) is 1. The summed E-state index contributed by atoms with van der Waals surface area (Å²) in [5.74, 6) is -0.293. The van der Waals surface area contributed by atoms with E-state index in [0.717, 1.165) is 5.56 Å². The van der Waals surface area contributed by atoms with Crippen molar-refractivity contribution in [2.45, 2.75) is 45.9 Å². The Hall–Kier alpha value is -1.61. The predicted molar refractivity (Wildman–Crippen MR) is 78.6 cm³/mol. The molecule has 3 heteroatoms. The fourth-order valence-corrected chi connectivity index (χ4v) is 2.21. The summed E-state index contributed by atoms with van der Waals surface area (Å²) < 4.78 is 0. The summed E-state index contributed by atoms with van der Waals surface area (Å²) in [6, 6.07) is 9.39. The van der Waals surface area contributed by atoms with E-state index in [9.17, 15) is 9.90 Å². The van der Waals surface area contributed by atoms with E-state index < -0.39 is 6.10 Å². The third kappa shape index (κ3) is 3.67. The number of benzene rings is 1. The van der Waals surface area contributed by atoms with Crippen LogP contribution in [0.2, 0.25) is 0 Å². The highest BCUT2D eigenvalue weighted by Crippen LogP contribution is 2.19. The van der Waals surface area contributed by atoms with E-state index in [1.807, 2.05) is 58.0 Å². The van der Waals surface area contributed by atoms with Gasteiger partial charge in [0.2, 0.25) is 0 Å². The maximum Gasteiger partial charge on any atom is 0.256 e. The number of amides is 1. The van der Waals surface area contributed by atoms with Crippen LogP contribution in [0.4, 0.5) is 0 Å². The average molecular weight is 261 g/mol. The van der Waals surface area contributed by atoms with Gasteiger partial charge < -0.3 is 10.0 Å². The van der Waals surface area contributed by atoms with Gasteiger partial charge in [0.1, 0.15) is 0 Å². The monoisotopic (exact) mass is 261 g/mol. The van der Waals surface area contributed by atoms with E-state index in [0.29, 0.717) is 5.57 Å². The molecule has 0 aliphatic heterocycles. The number of aliphatic hydroxyl groups is 1. The lowest BCUT2D eigenvalue weighted by Crippen LogP contribution is -2.47. The third-order valence-corrected chi connectivity index (χ3v) is 3.08. The van der Waals surface area contributed by atoms with Crippen molar-refractivity contribution < 1.29 is 9.90 Å². The Balaban J connectivity index is 2.90. The number of aliphatic hydroxyl groups excluding tert-OH is 1. The molecular weight excluding hydrogens is 238 g/mol. The molecule has 1 atom stereocenters. The van der Waals surface area contributed by atoms with Crippen LogP contribution in [0.1, 0.15) is 33.3 Å². The van der Waals surface area contributed by atoms with Crippen molar-refractivity contribution in [1.82, 2.24) is 4.90 Å². The van der Waals surface area contributed by atoms with Crippen LogP contribution in [0.25, 0.3) is 5.57 Å². The highest BCUT2D eigenvalue weighted by molar-refractivity contribution is 5.94. The van der Waals surface area contributed by atoms with E-state index in [4.69, 9.17) is 0 Å². The number of rotatable bonds is 5. The van der Waals surface area contributed by atoms with Crippen LogP contribution in [-0.4, -0.2) is 34.1 Å². The Morgan fingerprint density at radius 2 is 1.58 bits per heavy atom. The zero-order valence-electron chi connectivity index (χ0n) is 12.1. The van der Waals surface area contributed by atoms with Crippen molar-refractivity contribution in [3.63, 3.8) is 0 Å². The first-order chi connectivity index (χ1) is 8.86. The van der Waals surface area contributed by atoms with Crippen molar-refractivity contribution in [3.05, 3.63) is 42.5 Å². The fourth-order valence-electron chi connectivity index (χ4n) is 2.21. The summed E-state index contributed by atoms with van der Waals surface area (Å²) in [7, 11) is 0. The topological polar surface area (TPSA) is 40.5 Å². The first kappa shape index (κ1) is 15.4. The van der Waals surface area contributed by atoms with Gasteiger partial charge in [-0.3, -0.25) is 4.79 Å². The molecule has 1 N–H and O–H groups in total. The summed E-state index contributed by atoms with van der Waals surface area (Å²) in [5.41, 5.74) is 1.23. The molecule has 0 heterocycles. The van der Waals surface area contributed by atoms with Crippen LogP contribution in [0.5, 0.6) is 0 Å². The van der Waals surface area contributed by atoms with Gasteiger partial charge in [0.15, 0.2) is 6.10 Å². The molecule has 0 bridgehead atoms. The molecule has 19 heavy (non-hydrogen) atoms. The smallest absolute Gasteiger partial charge is 0.256 e. The number of hydrogen-bond acceptors (Lipinski definition) is 2. The standard InChI is InChI=1S/C16H23NO2/c1-11(2)17(12(3)4)16(19)15(18)13(5)14-9-7-6-8-10-14/h6-12,15,18H,5H2,1-4H3. The van der Waals surface area contributed by atoms with Gasteiger partial charge in [-0.25, -0.2) is 0 Å². The first-order valence-electron chi connectivity index (χ1n) is 6.60. The lowest BCUT2D eigenvalue weighted by Gasteiger charge is -2.33. The summed E-state index contributed by atoms with van der Waals surface area (Å²) in [4.78, 5) is 14.0. The summed E-state index contributed by atoms with van der Waals surface area (Å²) in [6.07, 6.45) is -1.19. The second-order valence-electron chi connectivity index (χ2n) is 5.23. The van der Waals surface area contributed by atoms with Crippen LogP contribution in [0, 0.1) is 0 Å². The van der Waals surface area contributed by atoms with E-state index >= 15 is 0 Å². The quantitative estimate of drug-likeness (QED) is 0.885. The minimum absolute atomic E-state index is 0.0470. The van der Waals surface area contributed by atoms with E-state index in [2.05, 4.69) is 6.58 Å². The van der Waals surface area contributed by atoms with Gasteiger partial charge in [-0.15, -0.1) is 0 Å². The fraction of sp³-hybridized carbons (Fsp3) is 0.438. The van der Waals surface area contributed by atoms with Crippen molar-refractivity contribution in [3.8, 4) is 0 Å². The average Bonchev–Trinajstić information content (AvgIpc) is 2.37. The summed E-state index contributed by atoms with van der Waals surface area (Å²) in [5, 5.41) is 10.2. The van der Waals surface area contributed by atoms with Crippen LogP contribution in [0.3, 0.4) is 0 Å². The molecule has 1 unspecified atom stereocenters. The highest BCUT2D eigenvalue weighted by Gasteiger charge is 2.28. The minimum atomic E-state index is -1.19. The minimum Gasteiger partial charge on any atom is -0.378 e. The molecule has 1 aromatic carbocycles. The Morgan fingerprint density at radius 1 is 1.11 bits per heavy atom. The largest absolute Gasteiger partial charge is 0.378 e. The molecule has 0 aromatic heterocycles. The molecule has 0 radical (unpaired) electrons. The molecule has 0 saturated heterocycles. The second-order valence-corrected chi connectivity index (χ2v) is 5.23. The zero-order valence-corrected chi connectivity index (χ0v) is 12.1. The van der Waals surface area contributed by atoms with Gasteiger partial charge in [-0.1, -0.05) is 36.9 Å². The first-order valence-corrected chi connectivity index (χ1v) is 6.60. The Morgan fingerprint density at radius 3 is 2.00 bits per heavy atom. The number of nitrogens with zero attached hydrogens (tertiary/aromatic N) is 1. The van der Waals surface area contributed by atoms with Gasteiger partial charge in [-0.05, 0) is 38.8 Å². The summed E-state index contributed by atoms with van der Waals surface area (Å²) in [6.45, 7) is 11.6. The van der Waals surface area contributed by atoms with Gasteiger partial charge in [-0.2, -0.15) is 0 Å². The molecule has 1 rings (SSSR count). The molecule has 3 nitrogen and oxygen atoms in total. The van der Waals surface area contributed by atoms with Crippen molar-refractivity contribution in [1.29, 1.82) is 0 Å². The van der Waals surface area contributed by atoms with E-state index in [1.54, 1.807) is 4.90 Å². The van der Waals surface area contributed by atoms with Gasteiger partial charge in [0.25, 0.3) is 5.91 Å². The Kier molecular flexibility index (Phi) is 5.31. The van der Waals surface area contributed by atoms with Crippen molar-refractivity contribution in [2.75, 3.05) is 0 Å². The highest BCUT2D eigenvalue weighted by atomic mass is 16.3. The molecule has 0 saturated carbocycles. The molecule has 1 amide bonds. The lowest BCUT2D eigenvalue weighted by molar-refractivity contribution is -0.140. The molecule has 0 spiro atoms. The van der Waals surface area contributed by atoms with Crippen molar-refractivity contribution >= 4 is 11.5 Å². The lowest BCUT2D eigenvalue weighted by atomic mass is 10.0.